The zero-order valence-corrected chi connectivity index (χ0v) is 21.2. The highest BCUT2D eigenvalue weighted by Gasteiger charge is 2.21. The number of hydrogen-bond donors (Lipinski definition) is 1. The van der Waals surface area contributed by atoms with Gasteiger partial charge >= 0.3 is 0 Å². The molecule has 1 saturated heterocycles. The van der Waals surface area contributed by atoms with Crippen molar-refractivity contribution in [3.63, 3.8) is 0 Å². The lowest BCUT2D eigenvalue weighted by atomic mass is 9.89. The molecule has 35 heavy (non-hydrogen) atoms. The van der Waals surface area contributed by atoms with E-state index in [2.05, 4.69) is 41.1 Å². The second-order valence-electron chi connectivity index (χ2n) is 9.35. The van der Waals surface area contributed by atoms with Gasteiger partial charge in [-0.2, -0.15) is 5.10 Å². The number of nitrogens with zero attached hydrogens (tertiary/aromatic N) is 4. The van der Waals surface area contributed by atoms with Crippen molar-refractivity contribution in [2.45, 2.75) is 52.5 Å². The van der Waals surface area contributed by atoms with Crippen LogP contribution in [0.2, 0.25) is 0 Å². The van der Waals surface area contributed by atoms with Crippen LogP contribution < -0.4 is 15.8 Å². The Morgan fingerprint density at radius 1 is 1.03 bits per heavy atom. The quantitative estimate of drug-likeness (QED) is 0.494. The number of rotatable bonds is 9. The largest absolute Gasteiger partial charge is 0.355 e. The molecule has 2 heterocycles. The lowest BCUT2D eigenvalue weighted by Gasteiger charge is -2.32. The first kappa shape index (κ1) is 24.9. The molecule has 7 nitrogen and oxygen atoms in total. The Labute approximate surface area is 207 Å². The van der Waals surface area contributed by atoms with Gasteiger partial charge in [0.05, 0.1) is 5.39 Å². The highest BCUT2D eigenvalue weighted by atomic mass is 16.1. The first-order valence-electron chi connectivity index (χ1n) is 12.8. The molecule has 3 aromatic rings. The van der Waals surface area contributed by atoms with E-state index in [1.807, 2.05) is 36.4 Å². The number of nitrogens with one attached hydrogen (secondary N) is 1. The summed E-state index contributed by atoms with van der Waals surface area (Å²) in [6, 6.07) is 16.0. The molecule has 186 valence electrons. The number of benzene rings is 2. The summed E-state index contributed by atoms with van der Waals surface area (Å²) in [6.45, 7) is 11.2. The molecule has 0 saturated carbocycles. The minimum atomic E-state index is -0.0406. The molecule has 0 bridgehead atoms. The van der Waals surface area contributed by atoms with Gasteiger partial charge in [-0.1, -0.05) is 30.3 Å². The molecule has 1 aromatic heterocycles. The van der Waals surface area contributed by atoms with E-state index < -0.39 is 0 Å². The summed E-state index contributed by atoms with van der Waals surface area (Å²) < 4.78 is 1.66. The maximum absolute atomic E-state index is 13.1. The second-order valence-corrected chi connectivity index (χ2v) is 9.35. The summed E-state index contributed by atoms with van der Waals surface area (Å²) >= 11 is 0. The average Bonchev–Trinajstić information content (AvgIpc) is 2.87. The van der Waals surface area contributed by atoms with E-state index in [-0.39, 0.29) is 11.5 Å². The van der Waals surface area contributed by atoms with E-state index >= 15 is 0 Å². The summed E-state index contributed by atoms with van der Waals surface area (Å²) in [5.74, 6) is 1.37. The van der Waals surface area contributed by atoms with Gasteiger partial charge in [0.2, 0.25) is 5.91 Å². The van der Waals surface area contributed by atoms with Crippen LogP contribution in [0.5, 0.6) is 0 Å². The number of hydrogen-bond acceptors (Lipinski definition) is 5. The van der Waals surface area contributed by atoms with Crippen LogP contribution in [0.3, 0.4) is 0 Å². The number of piperidine rings is 1. The first-order valence-corrected chi connectivity index (χ1v) is 12.8. The maximum atomic E-state index is 13.1. The van der Waals surface area contributed by atoms with Crippen molar-refractivity contribution in [1.82, 2.24) is 14.7 Å². The van der Waals surface area contributed by atoms with Crippen LogP contribution in [-0.2, 0) is 11.3 Å². The summed E-state index contributed by atoms with van der Waals surface area (Å²) in [7, 11) is 0. The molecule has 1 aliphatic rings. The third kappa shape index (κ3) is 5.90. The molecular formula is C28H37N5O2. The predicted octanol–water partition coefficient (Wildman–Crippen LogP) is 4.47. The van der Waals surface area contributed by atoms with E-state index in [9.17, 15) is 9.59 Å². The molecule has 7 heteroatoms. The summed E-state index contributed by atoms with van der Waals surface area (Å²) in [6.07, 6.45) is 3.10. The van der Waals surface area contributed by atoms with Gasteiger partial charge in [0, 0.05) is 37.6 Å². The van der Waals surface area contributed by atoms with Crippen LogP contribution in [0.25, 0.3) is 10.8 Å². The molecule has 2 aromatic carbocycles. The Balaban J connectivity index is 1.36. The molecule has 0 atom stereocenters. The molecule has 0 unspecified atom stereocenters. The Bertz CT molecular complexity index is 1210. The number of anilines is 2. The molecule has 0 spiro atoms. The van der Waals surface area contributed by atoms with Crippen molar-refractivity contribution in [2.75, 3.05) is 42.9 Å². The smallest absolute Gasteiger partial charge is 0.274 e. The average molecular weight is 476 g/mol. The van der Waals surface area contributed by atoms with E-state index in [1.54, 1.807) is 4.68 Å². The van der Waals surface area contributed by atoms with Crippen LogP contribution in [0.1, 0.15) is 51.5 Å². The van der Waals surface area contributed by atoms with Crippen LogP contribution >= 0.6 is 0 Å². The minimum absolute atomic E-state index is 0.00531. The topological polar surface area (TPSA) is 70.5 Å². The summed E-state index contributed by atoms with van der Waals surface area (Å²) in [5, 5.41) is 9.35. The molecular weight excluding hydrogens is 438 g/mol. The van der Waals surface area contributed by atoms with Gasteiger partial charge in [-0.25, -0.2) is 4.68 Å². The van der Waals surface area contributed by atoms with Crippen molar-refractivity contribution < 1.29 is 4.79 Å². The number of fused-ring (bicyclic) bond motifs is 1. The third-order valence-corrected chi connectivity index (χ3v) is 7.02. The van der Waals surface area contributed by atoms with Gasteiger partial charge in [0.25, 0.3) is 5.56 Å². The normalized spacial score (nSPS) is 14.8. The van der Waals surface area contributed by atoms with Crippen molar-refractivity contribution in [2.24, 2.45) is 0 Å². The molecule has 1 amide bonds. The third-order valence-electron chi connectivity index (χ3n) is 7.02. The Morgan fingerprint density at radius 3 is 2.43 bits per heavy atom. The van der Waals surface area contributed by atoms with Crippen molar-refractivity contribution in [1.29, 1.82) is 0 Å². The fourth-order valence-corrected chi connectivity index (χ4v) is 5.13. The molecule has 1 fully saturated rings. The number of aromatic nitrogens is 2. The number of amides is 1. The molecule has 0 aliphatic carbocycles. The fourth-order valence-electron chi connectivity index (χ4n) is 5.13. The lowest BCUT2D eigenvalue weighted by Crippen LogP contribution is -2.35. The summed E-state index contributed by atoms with van der Waals surface area (Å²) in [4.78, 5) is 29.2. The molecule has 1 N–H and O–H groups in total. The molecule has 1 aliphatic heterocycles. The van der Waals surface area contributed by atoms with Gasteiger partial charge in [0.15, 0.2) is 5.82 Å². The molecule has 4 rings (SSSR count). The monoisotopic (exact) mass is 475 g/mol. The Morgan fingerprint density at radius 2 is 1.74 bits per heavy atom. The molecule has 0 radical (unpaired) electrons. The van der Waals surface area contributed by atoms with Gasteiger partial charge in [-0.05, 0) is 82.4 Å². The van der Waals surface area contributed by atoms with Crippen molar-refractivity contribution >= 4 is 28.2 Å². The fraction of sp³-hybridized carbons (Fsp3) is 0.464. The van der Waals surface area contributed by atoms with E-state index in [1.165, 1.54) is 12.5 Å². The minimum Gasteiger partial charge on any atom is -0.355 e. The van der Waals surface area contributed by atoms with E-state index in [0.29, 0.717) is 12.5 Å². The Kier molecular flexibility index (Phi) is 8.18. The van der Waals surface area contributed by atoms with Crippen LogP contribution in [-0.4, -0.2) is 53.3 Å². The van der Waals surface area contributed by atoms with Crippen LogP contribution in [0.15, 0.2) is 53.3 Å². The van der Waals surface area contributed by atoms with Crippen LogP contribution in [0, 0.1) is 0 Å². The van der Waals surface area contributed by atoms with E-state index in [4.69, 9.17) is 5.10 Å². The SMILES string of the molecule is CCN(CC)c1nn(CCCN2CCC(c3cccc(NC(C)=O)c3)CC2)c(=O)c2ccccc12. The zero-order valence-electron chi connectivity index (χ0n) is 21.2. The first-order chi connectivity index (χ1) is 17.0. The lowest BCUT2D eigenvalue weighted by molar-refractivity contribution is -0.114. The van der Waals surface area contributed by atoms with Gasteiger partial charge in [-0.15, -0.1) is 0 Å². The van der Waals surface area contributed by atoms with Gasteiger partial charge in [0.1, 0.15) is 0 Å². The predicted molar refractivity (Wildman–Crippen MR) is 143 cm³/mol. The van der Waals surface area contributed by atoms with Crippen molar-refractivity contribution in [3.8, 4) is 0 Å². The highest BCUT2D eigenvalue weighted by molar-refractivity contribution is 5.91. The summed E-state index contributed by atoms with van der Waals surface area (Å²) in [5.41, 5.74) is 2.16. The van der Waals surface area contributed by atoms with E-state index in [0.717, 1.165) is 74.3 Å². The zero-order chi connectivity index (χ0) is 24.8. The second kappa shape index (κ2) is 11.5. The number of likely N-dealkylation sites (tertiary alicyclic amines) is 1. The number of carbonyl (C=O) groups is 1. The number of aryl methyl sites for hydroxylation is 1. The van der Waals surface area contributed by atoms with Gasteiger partial charge < -0.3 is 15.1 Å². The highest BCUT2D eigenvalue weighted by Crippen LogP contribution is 2.29. The van der Waals surface area contributed by atoms with Crippen LogP contribution in [0.4, 0.5) is 11.5 Å². The Hall–Kier alpha value is -3.19. The van der Waals surface area contributed by atoms with Gasteiger partial charge in [-0.3, -0.25) is 9.59 Å². The number of carbonyl (C=O) groups excluding carboxylic acids is 1. The maximum Gasteiger partial charge on any atom is 0.274 e. The standard InChI is InChI=1S/C28H37N5O2/c1-4-32(5-2)27-25-12-6-7-13-26(25)28(35)33(30-27)17-9-16-31-18-14-22(15-19-31)23-10-8-11-24(20-23)29-21(3)34/h6-8,10-13,20,22H,4-5,9,14-19H2,1-3H3,(H,29,34). The van der Waals surface area contributed by atoms with Crippen molar-refractivity contribution in [3.05, 3.63) is 64.4 Å².